The van der Waals surface area contributed by atoms with Gasteiger partial charge in [-0.1, -0.05) is 12.1 Å². The quantitative estimate of drug-likeness (QED) is 0.499. The van der Waals surface area contributed by atoms with Crippen LogP contribution in [0, 0.1) is 6.92 Å². The molecular weight excluding hydrogens is 370 g/mol. The summed E-state index contributed by atoms with van der Waals surface area (Å²) >= 11 is 0. The highest BCUT2D eigenvalue weighted by Gasteiger charge is 2.10. The highest BCUT2D eigenvalue weighted by atomic mass is 16.2. The highest BCUT2D eigenvalue weighted by Crippen LogP contribution is 2.20. The van der Waals surface area contributed by atoms with Crippen molar-refractivity contribution < 1.29 is 4.79 Å². The number of carbonyl (C=O) groups is 1. The van der Waals surface area contributed by atoms with Gasteiger partial charge in [0.1, 0.15) is 0 Å². The summed E-state index contributed by atoms with van der Waals surface area (Å²) in [5.74, 6) is -0.277. The number of nitrogens with zero attached hydrogens (tertiary/aromatic N) is 2. The standard InChI is InChI=1S/C21H17N5O3/c1-13-12-22-21(29)26(13)17-7-5-14(6-8-17)20(28)23-16-4-2-3-15(11-16)18-9-10-19(27)25-24-18/h2-12H,1H3,(H,22,29)(H,23,28)(H,25,27). The Morgan fingerprint density at radius 2 is 1.83 bits per heavy atom. The van der Waals surface area contributed by atoms with E-state index in [2.05, 4.69) is 20.5 Å². The molecule has 0 saturated heterocycles. The van der Waals surface area contributed by atoms with Crippen LogP contribution in [0.4, 0.5) is 5.69 Å². The molecule has 0 aliphatic rings. The van der Waals surface area contributed by atoms with Crippen molar-refractivity contribution in [1.29, 1.82) is 0 Å². The van der Waals surface area contributed by atoms with E-state index in [1.165, 1.54) is 10.6 Å². The molecule has 0 atom stereocenters. The minimum absolute atomic E-state index is 0.229. The van der Waals surface area contributed by atoms with Gasteiger partial charge in [-0.2, -0.15) is 5.10 Å². The molecule has 4 rings (SSSR count). The van der Waals surface area contributed by atoms with Crippen LogP contribution in [0.15, 0.2) is 76.4 Å². The molecule has 2 aromatic heterocycles. The number of rotatable bonds is 4. The lowest BCUT2D eigenvalue weighted by atomic mass is 10.1. The van der Waals surface area contributed by atoms with Crippen molar-refractivity contribution in [3.63, 3.8) is 0 Å². The number of aromatic nitrogens is 4. The molecule has 8 heteroatoms. The minimum atomic E-state index is -0.279. The van der Waals surface area contributed by atoms with E-state index >= 15 is 0 Å². The van der Waals surface area contributed by atoms with E-state index in [1.807, 2.05) is 13.0 Å². The molecule has 0 radical (unpaired) electrons. The first-order valence-corrected chi connectivity index (χ1v) is 8.86. The van der Waals surface area contributed by atoms with E-state index in [-0.39, 0.29) is 17.2 Å². The lowest BCUT2D eigenvalue weighted by Gasteiger charge is -2.09. The van der Waals surface area contributed by atoms with Gasteiger partial charge >= 0.3 is 5.69 Å². The molecule has 2 aromatic carbocycles. The number of carbonyl (C=O) groups excluding carboxylic acids is 1. The Labute approximate surface area is 164 Å². The molecule has 0 bridgehead atoms. The van der Waals surface area contributed by atoms with Crippen LogP contribution in [0.5, 0.6) is 0 Å². The second-order valence-corrected chi connectivity index (χ2v) is 6.46. The maximum atomic E-state index is 12.6. The molecule has 3 N–H and O–H groups in total. The summed E-state index contributed by atoms with van der Waals surface area (Å²) in [6, 6.07) is 16.9. The van der Waals surface area contributed by atoms with Gasteiger partial charge in [-0.25, -0.2) is 9.89 Å². The lowest BCUT2D eigenvalue weighted by molar-refractivity contribution is 0.102. The topological polar surface area (TPSA) is 113 Å². The molecule has 144 valence electrons. The number of hydrogen-bond acceptors (Lipinski definition) is 4. The van der Waals surface area contributed by atoms with Gasteiger partial charge < -0.3 is 10.3 Å². The van der Waals surface area contributed by atoms with Gasteiger partial charge in [-0.3, -0.25) is 14.2 Å². The first-order valence-electron chi connectivity index (χ1n) is 8.86. The molecule has 0 saturated carbocycles. The van der Waals surface area contributed by atoms with Crippen molar-refractivity contribution in [3.05, 3.63) is 99.0 Å². The molecule has 8 nitrogen and oxygen atoms in total. The molecule has 0 fully saturated rings. The van der Waals surface area contributed by atoms with E-state index in [0.29, 0.717) is 22.6 Å². The predicted molar refractivity (Wildman–Crippen MR) is 109 cm³/mol. The van der Waals surface area contributed by atoms with E-state index in [1.54, 1.807) is 54.7 Å². The molecular formula is C21H17N5O3. The molecule has 29 heavy (non-hydrogen) atoms. The number of amides is 1. The fourth-order valence-corrected chi connectivity index (χ4v) is 3.00. The first kappa shape index (κ1) is 18.2. The maximum absolute atomic E-state index is 12.6. The third kappa shape index (κ3) is 3.77. The van der Waals surface area contributed by atoms with Crippen LogP contribution >= 0.6 is 0 Å². The summed E-state index contributed by atoms with van der Waals surface area (Å²) in [6.45, 7) is 1.82. The number of aromatic amines is 2. The van der Waals surface area contributed by atoms with Crippen molar-refractivity contribution in [2.45, 2.75) is 6.92 Å². The molecule has 0 unspecified atom stereocenters. The van der Waals surface area contributed by atoms with Crippen LogP contribution in [-0.2, 0) is 0 Å². The third-order valence-corrected chi connectivity index (χ3v) is 4.44. The van der Waals surface area contributed by atoms with Gasteiger partial charge in [0.15, 0.2) is 0 Å². The summed E-state index contributed by atoms with van der Waals surface area (Å²) in [6.07, 6.45) is 1.63. The number of aryl methyl sites for hydroxylation is 1. The minimum Gasteiger partial charge on any atom is -0.322 e. The van der Waals surface area contributed by atoms with Crippen LogP contribution in [0.25, 0.3) is 16.9 Å². The van der Waals surface area contributed by atoms with Crippen molar-refractivity contribution in [1.82, 2.24) is 19.7 Å². The number of benzene rings is 2. The van der Waals surface area contributed by atoms with Crippen molar-refractivity contribution in [2.75, 3.05) is 5.32 Å². The first-order chi connectivity index (χ1) is 14.0. The fraction of sp³-hybridized carbons (Fsp3) is 0.0476. The summed E-state index contributed by atoms with van der Waals surface area (Å²) < 4.78 is 1.53. The SMILES string of the molecule is Cc1c[nH]c(=O)n1-c1ccc(C(=O)Nc2cccc(-c3ccc(=O)[nH]n3)c2)cc1. The average Bonchev–Trinajstić information content (AvgIpc) is 3.07. The Kier molecular flexibility index (Phi) is 4.66. The number of hydrogen-bond donors (Lipinski definition) is 3. The fourth-order valence-electron chi connectivity index (χ4n) is 3.00. The van der Waals surface area contributed by atoms with Crippen molar-refractivity contribution in [3.8, 4) is 16.9 Å². The average molecular weight is 387 g/mol. The normalized spacial score (nSPS) is 10.7. The summed E-state index contributed by atoms with van der Waals surface area (Å²) in [7, 11) is 0. The van der Waals surface area contributed by atoms with Crippen LogP contribution in [0.3, 0.4) is 0 Å². The Morgan fingerprint density at radius 3 is 2.48 bits per heavy atom. The van der Waals surface area contributed by atoms with Gasteiger partial charge in [0.25, 0.3) is 11.5 Å². The number of nitrogens with one attached hydrogen (secondary N) is 3. The molecule has 0 aliphatic carbocycles. The Balaban J connectivity index is 1.54. The lowest BCUT2D eigenvalue weighted by Crippen LogP contribution is -2.16. The zero-order chi connectivity index (χ0) is 20.4. The number of H-pyrrole nitrogens is 2. The summed E-state index contributed by atoms with van der Waals surface area (Å²) in [5.41, 5.74) is 3.36. The second kappa shape index (κ2) is 7.43. The second-order valence-electron chi connectivity index (χ2n) is 6.46. The van der Waals surface area contributed by atoms with Gasteiger partial charge in [-0.15, -0.1) is 0 Å². The van der Waals surface area contributed by atoms with Crippen LogP contribution in [0.2, 0.25) is 0 Å². The summed E-state index contributed by atoms with van der Waals surface area (Å²) in [4.78, 5) is 38.3. The van der Waals surface area contributed by atoms with Crippen molar-refractivity contribution in [2.24, 2.45) is 0 Å². The largest absolute Gasteiger partial charge is 0.330 e. The smallest absolute Gasteiger partial charge is 0.322 e. The zero-order valence-corrected chi connectivity index (χ0v) is 15.5. The highest BCUT2D eigenvalue weighted by molar-refractivity contribution is 6.04. The van der Waals surface area contributed by atoms with Gasteiger partial charge in [0.2, 0.25) is 0 Å². The molecule has 4 aromatic rings. The third-order valence-electron chi connectivity index (χ3n) is 4.44. The molecule has 1 amide bonds. The molecule has 0 spiro atoms. The Morgan fingerprint density at radius 1 is 1.03 bits per heavy atom. The van der Waals surface area contributed by atoms with Crippen LogP contribution in [0.1, 0.15) is 16.1 Å². The predicted octanol–water partition coefficient (Wildman–Crippen LogP) is 2.48. The Hall–Kier alpha value is -4.20. The van der Waals surface area contributed by atoms with Crippen molar-refractivity contribution >= 4 is 11.6 Å². The molecule has 0 aliphatic heterocycles. The van der Waals surface area contributed by atoms with Crippen LogP contribution in [-0.4, -0.2) is 25.7 Å². The van der Waals surface area contributed by atoms with E-state index in [4.69, 9.17) is 0 Å². The maximum Gasteiger partial charge on any atom is 0.330 e. The Bertz CT molecular complexity index is 1280. The van der Waals surface area contributed by atoms with E-state index in [9.17, 15) is 14.4 Å². The number of imidazole rings is 1. The monoisotopic (exact) mass is 387 g/mol. The van der Waals surface area contributed by atoms with Gasteiger partial charge in [0.05, 0.1) is 11.4 Å². The number of anilines is 1. The van der Waals surface area contributed by atoms with Gasteiger partial charge in [-0.05, 0) is 49.4 Å². The van der Waals surface area contributed by atoms with E-state index in [0.717, 1.165) is 11.3 Å². The summed E-state index contributed by atoms with van der Waals surface area (Å²) in [5, 5.41) is 9.23. The zero-order valence-electron chi connectivity index (χ0n) is 15.5. The van der Waals surface area contributed by atoms with Crippen LogP contribution < -0.4 is 16.6 Å². The van der Waals surface area contributed by atoms with E-state index < -0.39 is 0 Å². The molecule has 2 heterocycles. The van der Waals surface area contributed by atoms with Gasteiger partial charge in [0, 0.05) is 34.8 Å².